The quantitative estimate of drug-likeness (QED) is 0.825. The Morgan fingerprint density at radius 3 is 2.17 bits per heavy atom. The molecule has 0 aliphatic carbocycles. The van der Waals surface area contributed by atoms with Gasteiger partial charge in [0.1, 0.15) is 10.1 Å². The molecule has 3 nitrogen and oxygen atoms in total. The predicted octanol–water partition coefficient (Wildman–Crippen LogP) is 3.42. The SMILES string of the molecule is Cc1cc(C)nc(Sc2cc(C#N)cc(C)n2)c1. The Labute approximate surface area is 111 Å². The van der Waals surface area contributed by atoms with E-state index in [9.17, 15) is 0 Å². The summed E-state index contributed by atoms with van der Waals surface area (Å²) in [7, 11) is 0. The van der Waals surface area contributed by atoms with Gasteiger partial charge >= 0.3 is 0 Å². The first-order valence-corrected chi connectivity index (χ1v) is 6.40. The fraction of sp³-hybridized carbons (Fsp3) is 0.214. The minimum absolute atomic E-state index is 0.634. The van der Waals surface area contributed by atoms with Crippen molar-refractivity contribution in [3.8, 4) is 6.07 Å². The lowest BCUT2D eigenvalue weighted by Crippen LogP contribution is -1.90. The molecule has 2 heterocycles. The van der Waals surface area contributed by atoms with Crippen molar-refractivity contribution in [2.45, 2.75) is 30.8 Å². The van der Waals surface area contributed by atoms with Crippen LogP contribution in [0.15, 0.2) is 34.3 Å². The normalized spacial score (nSPS) is 10.1. The van der Waals surface area contributed by atoms with Crippen LogP contribution in [0, 0.1) is 32.1 Å². The molecule has 0 N–H and O–H groups in total. The van der Waals surface area contributed by atoms with Gasteiger partial charge in [0.2, 0.25) is 0 Å². The van der Waals surface area contributed by atoms with E-state index in [0.29, 0.717) is 5.56 Å². The molecule has 0 atom stereocenters. The molecule has 4 heteroatoms. The Morgan fingerprint density at radius 2 is 1.56 bits per heavy atom. The van der Waals surface area contributed by atoms with Gasteiger partial charge in [0.05, 0.1) is 11.6 Å². The number of aromatic nitrogens is 2. The summed E-state index contributed by atoms with van der Waals surface area (Å²) >= 11 is 1.49. The zero-order valence-corrected chi connectivity index (χ0v) is 11.4. The second-order valence-electron chi connectivity index (χ2n) is 4.17. The maximum absolute atomic E-state index is 8.94. The Balaban J connectivity index is 2.34. The highest BCUT2D eigenvalue weighted by atomic mass is 32.2. The third-order valence-electron chi connectivity index (χ3n) is 2.34. The Bertz CT molecular complexity index is 609. The topological polar surface area (TPSA) is 49.6 Å². The first kappa shape index (κ1) is 12.6. The maximum Gasteiger partial charge on any atom is 0.104 e. The van der Waals surface area contributed by atoms with Gasteiger partial charge in [-0.1, -0.05) is 11.8 Å². The average molecular weight is 255 g/mol. The second kappa shape index (κ2) is 5.19. The van der Waals surface area contributed by atoms with E-state index in [2.05, 4.69) is 16.0 Å². The average Bonchev–Trinajstić information content (AvgIpc) is 2.26. The van der Waals surface area contributed by atoms with Gasteiger partial charge in [-0.3, -0.25) is 0 Å². The minimum Gasteiger partial charge on any atom is -0.246 e. The highest BCUT2D eigenvalue weighted by molar-refractivity contribution is 7.99. The summed E-state index contributed by atoms with van der Waals surface area (Å²) in [6.07, 6.45) is 0. The molecule has 0 saturated heterocycles. The van der Waals surface area contributed by atoms with Crippen molar-refractivity contribution in [2.24, 2.45) is 0 Å². The molecule has 0 aromatic carbocycles. The molecule has 2 aromatic heterocycles. The highest BCUT2D eigenvalue weighted by Gasteiger charge is 2.04. The van der Waals surface area contributed by atoms with E-state index in [1.165, 1.54) is 17.3 Å². The largest absolute Gasteiger partial charge is 0.246 e. The molecular weight excluding hydrogens is 242 g/mol. The maximum atomic E-state index is 8.94. The van der Waals surface area contributed by atoms with E-state index in [1.54, 1.807) is 12.1 Å². The molecule has 2 aromatic rings. The van der Waals surface area contributed by atoms with Crippen LogP contribution in [0.4, 0.5) is 0 Å². The summed E-state index contributed by atoms with van der Waals surface area (Å²) in [6, 6.07) is 9.77. The van der Waals surface area contributed by atoms with Crippen molar-refractivity contribution in [3.05, 3.63) is 46.8 Å². The van der Waals surface area contributed by atoms with Crippen molar-refractivity contribution in [1.29, 1.82) is 5.26 Å². The Morgan fingerprint density at radius 1 is 0.944 bits per heavy atom. The van der Waals surface area contributed by atoms with Crippen molar-refractivity contribution in [2.75, 3.05) is 0 Å². The molecule has 0 aliphatic rings. The lowest BCUT2D eigenvalue weighted by Gasteiger charge is -2.04. The molecule has 18 heavy (non-hydrogen) atoms. The summed E-state index contributed by atoms with van der Waals surface area (Å²) in [5.74, 6) is 0. The number of nitrogens with zero attached hydrogens (tertiary/aromatic N) is 3. The van der Waals surface area contributed by atoms with Gasteiger partial charge in [-0.05, 0) is 50.6 Å². The lowest BCUT2D eigenvalue weighted by molar-refractivity contribution is 1.02. The van der Waals surface area contributed by atoms with Crippen LogP contribution >= 0.6 is 11.8 Å². The van der Waals surface area contributed by atoms with Crippen LogP contribution in [0.25, 0.3) is 0 Å². The fourth-order valence-corrected chi connectivity index (χ4v) is 2.74. The van der Waals surface area contributed by atoms with Crippen molar-refractivity contribution >= 4 is 11.8 Å². The highest BCUT2D eigenvalue weighted by Crippen LogP contribution is 2.26. The van der Waals surface area contributed by atoms with Gasteiger partial charge < -0.3 is 0 Å². The van der Waals surface area contributed by atoms with Crippen LogP contribution < -0.4 is 0 Å². The van der Waals surface area contributed by atoms with Gasteiger partial charge in [0.15, 0.2) is 0 Å². The number of aryl methyl sites for hydroxylation is 3. The smallest absolute Gasteiger partial charge is 0.104 e. The van der Waals surface area contributed by atoms with E-state index in [-0.39, 0.29) is 0 Å². The van der Waals surface area contributed by atoms with E-state index in [4.69, 9.17) is 5.26 Å². The third-order valence-corrected chi connectivity index (χ3v) is 3.18. The Hall–Kier alpha value is -1.86. The fourth-order valence-electron chi connectivity index (χ4n) is 1.72. The lowest BCUT2D eigenvalue weighted by atomic mass is 10.2. The summed E-state index contributed by atoms with van der Waals surface area (Å²) in [5, 5.41) is 10.7. The van der Waals surface area contributed by atoms with Gasteiger partial charge in [-0.2, -0.15) is 5.26 Å². The summed E-state index contributed by atoms with van der Waals surface area (Å²) in [6.45, 7) is 5.91. The molecule has 0 unspecified atom stereocenters. The van der Waals surface area contributed by atoms with Crippen LogP contribution in [0.5, 0.6) is 0 Å². The van der Waals surface area contributed by atoms with Crippen LogP contribution in [0.2, 0.25) is 0 Å². The molecule has 2 rings (SSSR count). The van der Waals surface area contributed by atoms with Crippen LogP contribution in [-0.2, 0) is 0 Å². The number of pyridine rings is 2. The molecule has 0 bridgehead atoms. The zero-order chi connectivity index (χ0) is 13.1. The Kier molecular flexibility index (Phi) is 3.63. The summed E-state index contributed by atoms with van der Waals surface area (Å²) in [5.41, 5.74) is 3.65. The standard InChI is InChI=1S/C14H13N3S/c1-9-4-10(2)16-13(5-9)18-14-7-12(8-15)6-11(3)17-14/h4-7H,1-3H3. The minimum atomic E-state index is 0.634. The molecule has 0 radical (unpaired) electrons. The monoisotopic (exact) mass is 255 g/mol. The van der Waals surface area contributed by atoms with E-state index in [0.717, 1.165) is 21.4 Å². The van der Waals surface area contributed by atoms with Gasteiger partial charge in [-0.25, -0.2) is 9.97 Å². The number of rotatable bonds is 2. The molecule has 0 saturated carbocycles. The first-order valence-electron chi connectivity index (χ1n) is 5.59. The van der Waals surface area contributed by atoms with Gasteiger partial charge in [0.25, 0.3) is 0 Å². The van der Waals surface area contributed by atoms with Crippen molar-refractivity contribution in [1.82, 2.24) is 9.97 Å². The molecule has 0 amide bonds. The first-order chi connectivity index (χ1) is 8.56. The van der Waals surface area contributed by atoms with Crippen LogP contribution in [-0.4, -0.2) is 9.97 Å². The van der Waals surface area contributed by atoms with Crippen molar-refractivity contribution < 1.29 is 0 Å². The van der Waals surface area contributed by atoms with E-state index in [1.807, 2.05) is 32.9 Å². The summed E-state index contributed by atoms with van der Waals surface area (Å²) < 4.78 is 0. The van der Waals surface area contributed by atoms with Crippen LogP contribution in [0.3, 0.4) is 0 Å². The molecule has 0 aliphatic heterocycles. The third kappa shape index (κ3) is 3.08. The molecule has 90 valence electrons. The van der Waals surface area contributed by atoms with E-state index < -0.39 is 0 Å². The second-order valence-corrected chi connectivity index (χ2v) is 5.21. The summed E-state index contributed by atoms with van der Waals surface area (Å²) in [4.78, 5) is 8.86. The van der Waals surface area contributed by atoms with Crippen LogP contribution in [0.1, 0.15) is 22.5 Å². The number of nitriles is 1. The predicted molar refractivity (Wildman–Crippen MR) is 71.5 cm³/mol. The number of hydrogen-bond acceptors (Lipinski definition) is 4. The van der Waals surface area contributed by atoms with Gasteiger partial charge in [0, 0.05) is 11.4 Å². The van der Waals surface area contributed by atoms with Gasteiger partial charge in [-0.15, -0.1) is 0 Å². The molecule has 0 spiro atoms. The molecular formula is C14H13N3S. The van der Waals surface area contributed by atoms with E-state index >= 15 is 0 Å². The van der Waals surface area contributed by atoms with Crippen molar-refractivity contribution in [3.63, 3.8) is 0 Å². The number of hydrogen-bond donors (Lipinski definition) is 0. The molecule has 0 fully saturated rings. The zero-order valence-electron chi connectivity index (χ0n) is 10.6.